The second kappa shape index (κ2) is 58.4. The number of nitrogens with zero attached hydrogens (tertiary/aromatic N) is 3. The fourth-order valence-corrected chi connectivity index (χ4v) is 6.73. The van der Waals surface area contributed by atoms with Gasteiger partial charge in [0.05, 0.1) is 0 Å². The van der Waals surface area contributed by atoms with Gasteiger partial charge in [0, 0.05) is 33.4 Å². The van der Waals surface area contributed by atoms with Gasteiger partial charge in [-0.1, -0.05) is 288 Å². The minimum absolute atomic E-state index is 0. The molecule has 3 aromatic carbocycles. The van der Waals surface area contributed by atoms with E-state index in [0.717, 1.165) is 0 Å². The van der Waals surface area contributed by atoms with E-state index in [4.69, 9.17) is 174 Å². The fraction of sp³-hybridized carbons (Fsp3) is 0.304. The molecule has 89 heavy (non-hydrogen) atoms. The van der Waals surface area contributed by atoms with E-state index in [-0.39, 0.29) is 84.6 Å². The second-order valence-electron chi connectivity index (χ2n) is 15.6. The molecule has 505 valence electrons. The van der Waals surface area contributed by atoms with Gasteiger partial charge in [0.15, 0.2) is 56.2 Å². The number of allylic oxidation sites excluding steroid dienone is 12. The molecule has 4 aromatic rings. The summed E-state index contributed by atoms with van der Waals surface area (Å²) in [5, 5.41) is 70.0. The van der Waals surface area contributed by atoms with E-state index in [2.05, 4.69) is 15.0 Å². The number of hydrogen-bond donors (Lipinski definition) is 0. The number of halogens is 15. The molecular weight excluding hydrogens is 1630 g/mol. The molecule has 0 aliphatic heterocycles. The maximum absolute atomic E-state index is 11.7. The maximum Gasteiger partial charge on any atom is 2.00 e. The molecule has 0 aliphatic carbocycles. The molecular formula is C56H56Cl15Cu3N3O12. The van der Waals surface area contributed by atoms with Crippen LogP contribution in [0, 0.1) is 0 Å². The summed E-state index contributed by atoms with van der Waals surface area (Å²) >= 11 is 72.1. The molecule has 0 unspecified atom stereocenters. The molecule has 4 rings (SSSR count). The molecule has 0 aliphatic rings. The topological polar surface area (TPSA) is 279 Å². The van der Waals surface area contributed by atoms with Crippen LogP contribution in [-0.2, 0) is 80.0 Å². The van der Waals surface area contributed by atoms with Crippen LogP contribution >= 0.6 is 174 Å². The van der Waals surface area contributed by atoms with Gasteiger partial charge in [-0.15, -0.1) is 34.6 Å². The Morgan fingerprint density at radius 2 is 0.348 bits per heavy atom. The zero-order valence-electron chi connectivity index (χ0n) is 48.4. The average molecular weight is 1690 g/mol. The molecule has 0 saturated heterocycles. The van der Waals surface area contributed by atoms with Crippen LogP contribution in [0.15, 0.2) is 126 Å². The van der Waals surface area contributed by atoms with Gasteiger partial charge in [-0.25, -0.2) is 15.0 Å². The van der Waals surface area contributed by atoms with Crippen molar-refractivity contribution in [3.8, 4) is 0 Å². The number of carbonyl (C=O) groups excluding carboxylic acids is 6. The van der Waals surface area contributed by atoms with E-state index in [1.165, 1.54) is 102 Å². The van der Waals surface area contributed by atoms with Crippen molar-refractivity contribution in [3.63, 3.8) is 0 Å². The van der Waals surface area contributed by atoms with Gasteiger partial charge in [0.25, 0.3) is 0 Å². The number of benzene rings is 3. The summed E-state index contributed by atoms with van der Waals surface area (Å²) in [7, 11) is 0. The quantitative estimate of drug-likeness (QED) is 0.0551. The number of hydrogen-bond acceptors (Lipinski definition) is 15. The third-order valence-electron chi connectivity index (χ3n) is 9.02. The number of Topliss-reactive ketones (excluding diaryl/α,β-unsaturated/α-hetero) is 6. The van der Waals surface area contributed by atoms with Gasteiger partial charge in [-0.2, -0.15) is 0 Å². The molecule has 0 spiro atoms. The van der Waals surface area contributed by atoms with E-state index >= 15 is 0 Å². The summed E-state index contributed by atoms with van der Waals surface area (Å²) in [6, 6.07) is 19.3. The molecule has 0 N–H and O–H groups in total. The molecule has 0 atom stereocenters. The van der Waals surface area contributed by atoms with Crippen LogP contribution in [0.3, 0.4) is 0 Å². The van der Waals surface area contributed by atoms with Gasteiger partial charge in [0.2, 0.25) is 0 Å². The first-order valence-corrected chi connectivity index (χ1v) is 29.8. The molecule has 1 heterocycles. The minimum atomic E-state index is -0.750. The van der Waals surface area contributed by atoms with Crippen molar-refractivity contribution in [2.45, 2.75) is 105 Å². The zero-order chi connectivity index (χ0) is 68.5. The Morgan fingerprint density at radius 3 is 0.404 bits per heavy atom. The number of carbonyl (C=O) groups is 6. The summed E-state index contributed by atoms with van der Waals surface area (Å²) < 4.78 is -3.75. The van der Waals surface area contributed by atoms with E-state index in [1.54, 1.807) is 72.8 Å². The van der Waals surface area contributed by atoms with Gasteiger partial charge < -0.3 is 30.6 Å². The van der Waals surface area contributed by atoms with Gasteiger partial charge >= 0.3 is 51.2 Å². The average Bonchev–Trinajstić information content (AvgIpc) is 2.43. The standard InChI is InChI=1S/3C16H18O4.C3H3N3.5CHCl3.3Cu/c3*1-9(17)15(10(2)18)13-7-5-6-8-14(13)16(11(3)19)12(4)20;1-4-2-6-3-5-1;5*2-1(3)4;;;/h3*5-8,17,19H,1-4H3;1-3H;5*1H;;;/q;;;;;;;;;3*+2/p-6/b3*15-9+,16-11+;;;;;;;;;. The normalized spacial score (nSPS) is 11.6. The number of aromatic nitrogens is 3. The predicted octanol–water partition coefficient (Wildman–Crippen LogP) is 12.9. The van der Waals surface area contributed by atoms with Crippen molar-refractivity contribution in [1.29, 1.82) is 0 Å². The number of rotatable bonds is 12. The largest absolute Gasteiger partial charge is 2.00 e. The van der Waals surface area contributed by atoms with Crippen molar-refractivity contribution in [1.82, 2.24) is 15.0 Å². The molecule has 15 nitrogen and oxygen atoms in total. The van der Waals surface area contributed by atoms with E-state index in [1.807, 2.05) is 0 Å². The molecule has 1 aromatic heterocycles. The first-order chi connectivity index (χ1) is 39.5. The smallest absolute Gasteiger partial charge is 0.875 e. The Labute approximate surface area is 625 Å². The molecule has 33 heteroatoms. The Balaban J connectivity index is -0.000000151. The van der Waals surface area contributed by atoms with Gasteiger partial charge in [0.1, 0.15) is 19.0 Å². The van der Waals surface area contributed by atoms with Crippen molar-refractivity contribution < 1.29 is 111 Å². The van der Waals surface area contributed by atoms with Crippen molar-refractivity contribution in [2.24, 2.45) is 0 Å². The van der Waals surface area contributed by atoms with Crippen LogP contribution in [0.5, 0.6) is 0 Å². The van der Waals surface area contributed by atoms with Crippen molar-refractivity contribution in [2.75, 3.05) is 0 Å². The SMILES string of the molecule is CC(=O)/C(=C(/C)[O-])c1ccccc1/C(C(C)=O)=C(\C)[O-].CC(=O)/C(=C(/C)[O-])c1ccccc1/C(C(C)=O)=C(\C)[O-].CC(=O)/C(=C(/C)[O-])c1ccccc1/C(C(C)=O)=C(\C)[O-].ClC(Cl)Cl.ClC(Cl)Cl.ClC(Cl)Cl.ClC(Cl)Cl.ClC(Cl)Cl.[Cu+2].[Cu+2].[Cu+2].c1ncncn1. The third-order valence-corrected chi connectivity index (χ3v) is 9.02. The Hall–Kier alpha value is -2.16. The fourth-order valence-electron chi connectivity index (χ4n) is 6.73. The van der Waals surface area contributed by atoms with Crippen LogP contribution in [-0.4, -0.2) is 71.1 Å². The van der Waals surface area contributed by atoms with Gasteiger partial charge in [-0.3, -0.25) is 28.8 Å². The van der Waals surface area contributed by atoms with Gasteiger partial charge in [-0.05, 0) is 74.9 Å². The van der Waals surface area contributed by atoms with Crippen LogP contribution < -0.4 is 30.6 Å². The first-order valence-electron chi connectivity index (χ1n) is 23.3. The van der Waals surface area contributed by atoms with Crippen molar-refractivity contribution >= 4 is 242 Å². The molecule has 0 amide bonds. The summed E-state index contributed by atoms with van der Waals surface area (Å²) in [4.78, 5) is 80.7. The Bertz CT molecular complexity index is 2470. The molecule has 0 fully saturated rings. The monoisotopic (exact) mass is 1680 g/mol. The number of alkyl halides is 15. The van der Waals surface area contributed by atoms with Crippen LogP contribution in [0.25, 0.3) is 33.4 Å². The van der Waals surface area contributed by atoms with E-state index in [9.17, 15) is 59.4 Å². The second-order valence-corrected chi connectivity index (χ2v) is 25.5. The van der Waals surface area contributed by atoms with Crippen LogP contribution in [0.4, 0.5) is 0 Å². The minimum Gasteiger partial charge on any atom is -0.875 e. The van der Waals surface area contributed by atoms with Crippen LogP contribution in [0.2, 0.25) is 0 Å². The number of ketones is 6. The summed E-state index contributed by atoms with van der Waals surface area (Å²) in [6.07, 6.45) is 4.31. The zero-order valence-corrected chi connectivity index (χ0v) is 62.5. The predicted molar refractivity (Wildman–Crippen MR) is 346 cm³/mol. The third kappa shape index (κ3) is 50.9. The Kier molecular flexibility index (Phi) is 67.6. The Morgan fingerprint density at radius 1 is 0.258 bits per heavy atom. The molecule has 0 bridgehead atoms. The molecule has 0 saturated carbocycles. The first kappa shape index (κ1) is 103. The summed E-state index contributed by atoms with van der Waals surface area (Å²) in [5.74, 6) is -4.71. The van der Waals surface area contributed by atoms with Crippen molar-refractivity contribution in [3.05, 3.63) is 160 Å². The van der Waals surface area contributed by atoms with E-state index < -0.39 is 90.7 Å². The summed E-state index contributed by atoms with van der Waals surface area (Å²) in [6.45, 7) is 15.4. The van der Waals surface area contributed by atoms with Crippen LogP contribution in [0.1, 0.15) is 116 Å². The summed E-state index contributed by atoms with van der Waals surface area (Å²) in [5.41, 5.74) is 1.96. The van der Waals surface area contributed by atoms with E-state index in [0.29, 0.717) is 33.4 Å². The maximum atomic E-state index is 11.7. The molecule has 3 radical (unpaired) electrons.